The molecule has 0 aromatic carbocycles. The summed E-state index contributed by atoms with van der Waals surface area (Å²) in [5.41, 5.74) is 0.314. The van der Waals surface area contributed by atoms with Crippen LogP contribution < -0.4 is 5.32 Å². The number of nitrogens with one attached hydrogen (secondary N) is 1. The van der Waals surface area contributed by atoms with Gasteiger partial charge >= 0.3 is 0 Å². The lowest BCUT2D eigenvalue weighted by Crippen LogP contribution is -2.47. The zero-order valence-electron chi connectivity index (χ0n) is 12.3. The first-order chi connectivity index (χ1) is 8.99. The number of amidine groups is 1. The Labute approximate surface area is 123 Å². The van der Waals surface area contributed by atoms with Gasteiger partial charge in [-0.15, -0.1) is 0 Å². The molecule has 0 amide bonds. The molecule has 1 saturated heterocycles. The quantitative estimate of drug-likeness (QED) is 0.868. The topological polar surface area (TPSA) is 41.5 Å². The molecule has 1 aliphatic heterocycles. The summed E-state index contributed by atoms with van der Waals surface area (Å²) >= 11 is 1.88. The number of nitrogens with zero attached hydrogens (tertiary/aromatic N) is 1. The molecule has 1 heterocycles. The molecule has 0 aromatic rings. The molecule has 5 heteroatoms. The minimum atomic E-state index is -0.701. The van der Waals surface area contributed by atoms with E-state index in [2.05, 4.69) is 19.2 Å². The molecule has 1 N–H and O–H groups in total. The number of aliphatic imine (C=N–C) groups is 1. The summed E-state index contributed by atoms with van der Waals surface area (Å²) in [6.45, 7) is 4.48. The molecule has 1 saturated carbocycles. The summed E-state index contributed by atoms with van der Waals surface area (Å²) in [5.74, 6) is 2.76. The van der Waals surface area contributed by atoms with Gasteiger partial charge in [-0.3, -0.25) is 9.20 Å². The fraction of sp³-hybridized carbons (Fsp3) is 0.929. The van der Waals surface area contributed by atoms with Gasteiger partial charge in [-0.2, -0.15) is 0 Å². The molecule has 2 rings (SSSR count). The van der Waals surface area contributed by atoms with Gasteiger partial charge in [0.05, 0.1) is 6.04 Å². The lowest BCUT2D eigenvalue weighted by atomic mass is 9.78. The lowest BCUT2D eigenvalue weighted by Gasteiger charge is -2.36. The molecule has 3 nitrogen and oxygen atoms in total. The van der Waals surface area contributed by atoms with E-state index >= 15 is 0 Å². The monoisotopic (exact) mass is 302 g/mol. The van der Waals surface area contributed by atoms with E-state index in [4.69, 9.17) is 4.99 Å². The Hall–Kier alpha value is -0.0300. The van der Waals surface area contributed by atoms with Crippen molar-refractivity contribution in [3.8, 4) is 0 Å². The summed E-state index contributed by atoms with van der Waals surface area (Å²) in [7, 11) is -0.701. The highest BCUT2D eigenvalue weighted by Crippen LogP contribution is 2.38. The normalized spacial score (nSPS) is 36.4. The Morgan fingerprint density at radius 3 is 3.11 bits per heavy atom. The summed E-state index contributed by atoms with van der Waals surface area (Å²) in [4.78, 5) is 4.76. The fourth-order valence-corrected chi connectivity index (χ4v) is 5.04. The van der Waals surface area contributed by atoms with Crippen molar-refractivity contribution in [2.75, 3.05) is 17.8 Å². The lowest BCUT2D eigenvalue weighted by molar-refractivity contribution is 0.242. The Morgan fingerprint density at radius 1 is 1.63 bits per heavy atom. The van der Waals surface area contributed by atoms with Crippen molar-refractivity contribution in [1.82, 2.24) is 5.32 Å². The zero-order chi connectivity index (χ0) is 13.9. The molecular formula is C14H26N2OS2. The van der Waals surface area contributed by atoms with Gasteiger partial charge in [0.1, 0.15) is 0 Å². The number of thioether (sulfide) groups is 1. The second-order valence-electron chi connectivity index (χ2n) is 6.24. The van der Waals surface area contributed by atoms with Crippen molar-refractivity contribution >= 4 is 27.7 Å². The molecule has 1 spiro atoms. The Balaban J connectivity index is 1.88. The average molecular weight is 303 g/mol. The number of rotatable bonds is 4. The van der Waals surface area contributed by atoms with E-state index in [1.165, 1.54) is 31.4 Å². The van der Waals surface area contributed by atoms with E-state index in [1.54, 1.807) is 6.26 Å². The highest BCUT2D eigenvalue weighted by molar-refractivity contribution is 8.14. The van der Waals surface area contributed by atoms with Crippen LogP contribution in [0.4, 0.5) is 0 Å². The maximum Gasteiger partial charge on any atom is 0.157 e. The van der Waals surface area contributed by atoms with Crippen LogP contribution in [-0.2, 0) is 10.8 Å². The average Bonchev–Trinajstić information content (AvgIpc) is 2.69. The molecule has 4 unspecified atom stereocenters. The third-order valence-electron chi connectivity index (χ3n) is 4.11. The molecule has 0 radical (unpaired) electrons. The van der Waals surface area contributed by atoms with Gasteiger partial charge < -0.3 is 5.32 Å². The van der Waals surface area contributed by atoms with Gasteiger partial charge in [-0.05, 0) is 32.1 Å². The Morgan fingerprint density at radius 2 is 2.42 bits per heavy atom. The van der Waals surface area contributed by atoms with E-state index in [1.807, 2.05) is 11.8 Å². The summed E-state index contributed by atoms with van der Waals surface area (Å²) in [6, 6.07) is 0.273. The second kappa shape index (κ2) is 6.61. The van der Waals surface area contributed by atoms with Gasteiger partial charge in [0, 0.05) is 34.1 Å². The van der Waals surface area contributed by atoms with Crippen molar-refractivity contribution in [1.29, 1.82) is 0 Å². The molecule has 19 heavy (non-hydrogen) atoms. The minimum Gasteiger partial charge on any atom is -0.359 e. The predicted molar refractivity (Wildman–Crippen MR) is 86.4 cm³/mol. The number of hydrogen-bond acceptors (Lipinski definition) is 3. The van der Waals surface area contributed by atoms with Gasteiger partial charge in [-0.1, -0.05) is 31.5 Å². The highest BCUT2D eigenvalue weighted by atomic mass is 32.2. The third-order valence-corrected chi connectivity index (χ3v) is 6.10. The molecule has 2 fully saturated rings. The highest BCUT2D eigenvalue weighted by Gasteiger charge is 2.40. The van der Waals surface area contributed by atoms with Crippen LogP contribution in [0, 0.1) is 5.92 Å². The fourth-order valence-electron chi connectivity index (χ4n) is 3.08. The molecule has 1 aliphatic carbocycles. The van der Waals surface area contributed by atoms with Gasteiger partial charge in [-0.25, -0.2) is 0 Å². The van der Waals surface area contributed by atoms with Crippen LogP contribution in [0.1, 0.15) is 46.0 Å². The van der Waals surface area contributed by atoms with E-state index in [9.17, 15) is 4.21 Å². The van der Waals surface area contributed by atoms with Crippen LogP contribution in [0.15, 0.2) is 4.99 Å². The Kier molecular flexibility index (Phi) is 5.35. The summed E-state index contributed by atoms with van der Waals surface area (Å²) in [5, 5.41) is 4.81. The predicted octanol–water partition coefficient (Wildman–Crippen LogP) is 2.78. The SMILES string of the molecule is CC1CCCC2(CSC(=NC(C)CCS(C)=O)N2)C1. The first kappa shape index (κ1) is 15.4. The van der Waals surface area contributed by atoms with Crippen LogP contribution >= 0.6 is 11.8 Å². The molecule has 110 valence electrons. The van der Waals surface area contributed by atoms with E-state index in [-0.39, 0.29) is 6.04 Å². The van der Waals surface area contributed by atoms with Crippen LogP contribution in [-0.4, -0.2) is 38.7 Å². The zero-order valence-corrected chi connectivity index (χ0v) is 13.9. The van der Waals surface area contributed by atoms with E-state index in [0.717, 1.165) is 23.3 Å². The maximum atomic E-state index is 11.1. The van der Waals surface area contributed by atoms with E-state index < -0.39 is 10.8 Å². The number of hydrogen-bond donors (Lipinski definition) is 1. The summed E-state index contributed by atoms with van der Waals surface area (Å²) < 4.78 is 11.1. The Bertz CT molecular complexity index is 372. The maximum absolute atomic E-state index is 11.1. The van der Waals surface area contributed by atoms with Crippen molar-refractivity contribution < 1.29 is 4.21 Å². The van der Waals surface area contributed by atoms with Gasteiger partial charge in [0.15, 0.2) is 5.17 Å². The smallest absolute Gasteiger partial charge is 0.157 e. The van der Waals surface area contributed by atoms with Crippen LogP contribution in [0.25, 0.3) is 0 Å². The third kappa shape index (κ3) is 4.48. The van der Waals surface area contributed by atoms with Crippen LogP contribution in [0.3, 0.4) is 0 Å². The molecule has 2 aliphatic rings. The van der Waals surface area contributed by atoms with Crippen molar-refractivity contribution in [2.45, 2.75) is 57.5 Å². The summed E-state index contributed by atoms with van der Waals surface area (Å²) in [6.07, 6.45) is 7.97. The molecular weight excluding hydrogens is 276 g/mol. The largest absolute Gasteiger partial charge is 0.359 e. The van der Waals surface area contributed by atoms with Crippen molar-refractivity contribution in [3.63, 3.8) is 0 Å². The molecule has 0 bridgehead atoms. The van der Waals surface area contributed by atoms with E-state index in [0.29, 0.717) is 5.54 Å². The van der Waals surface area contributed by atoms with Crippen LogP contribution in [0.2, 0.25) is 0 Å². The van der Waals surface area contributed by atoms with Gasteiger partial charge in [0.25, 0.3) is 0 Å². The van der Waals surface area contributed by atoms with Crippen molar-refractivity contribution in [3.05, 3.63) is 0 Å². The molecule has 4 atom stereocenters. The molecule has 0 aromatic heterocycles. The minimum absolute atomic E-state index is 0.273. The van der Waals surface area contributed by atoms with Crippen LogP contribution in [0.5, 0.6) is 0 Å². The van der Waals surface area contributed by atoms with Gasteiger partial charge in [0.2, 0.25) is 0 Å². The standard InChI is InChI=1S/C14H26N2OS2/c1-11-5-4-7-14(9-11)10-18-13(16-14)15-12(2)6-8-19(3)17/h11-12H,4-10H2,1-3H3,(H,15,16). The first-order valence-electron chi connectivity index (χ1n) is 7.28. The van der Waals surface area contributed by atoms with Crippen molar-refractivity contribution in [2.24, 2.45) is 10.9 Å². The second-order valence-corrected chi connectivity index (χ2v) is 8.76. The first-order valence-corrected chi connectivity index (χ1v) is 9.99.